The van der Waals surface area contributed by atoms with Gasteiger partial charge in [-0.05, 0) is 31.6 Å². The summed E-state index contributed by atoms with van der Waals surface area (Å²) in [6, 6.07) is 0.741. The van der Waals surface area contributed by atoms with Crippen LogP contribution in [0.25, 0.3) is 0 Å². The second-order valence-corrected chi connectivity index (χ2v) is 7.69. The van der Waals surface area contributed by atoms with Gasteiger partial charge in [-0.3, -0.25) is 0 Å². The van der Waals surface area contributed by atoms with Gasteiger partial charge in [0.1, 0.15) is 5.82 Å². The minimum absolute atomic E-state index is 0.741. The Morgan fingerprint density at radius 2 is 2.14 bits per heavy atom. The Morgan fingerprint density at radius 3 is 3.05 bits per heavy atom. The minimum Gasteiger partial charge on any atom is -0.313 e. The average molecular weight is 308 g/mol. The quantitative estimate of drug-likeness (QED) is 0.670. The largest absolute Gasteiger partial charge is 0.313 e. The molecule has 2 aliphatic rings. The first-order valence-electron chi connectivity index (χ1n) is 8.61. The van der Waals surface area contributed by atoms with Crippen LogP contribution in [0.3, 0.4) is 0 Å². The predicted molar refractivity (Wildman–Crippen MR) is 87.7 cm³/mol. The van der Waals surface area contributed by atoms with Gasteiger partial charge in [-0.15, -0.1) is 10.2 Å². The molecular weight excluding hydrogens is 280 g/mol. The fourth-order valence-electron chi connectivity index (χ4n) is 3.59. The number of hydrogen-bond acceptors (Lipinski definition) is 4. The summed E-state index contributed by atoms with van der Waals surface area (Å²) in [5.41, 5.74) is 0. The molecule has 1 fully saturated rings. The molecule has 21 heavy (non-hydrogen) atoms. The summed E-state index contributed by atoms with van der Waals surface area (Å²) in [4.78, 5) is 0. The molecule has 3 rings (SSSR count). The van der Waals surface area contributed by atoms with Crippen molar-refractivity contribution in [3.8, 4) is 0 Å². The van der Waals surface area contributed by atoms with E-state index in [1.807, 2.05) is 11.8 Å². The molecular formula is C16H28N4S. The second-order valence-electron chi connectivity index (χ2n) is 6.63. The van der Waals surface area contributed by atoms with Crippen molar-refractivity contribution in [3.63, 3.8) is 0 Å². The summed E-state index contributed by atoms with van der Waals surface area (Å²) < 4.78 is 2.35. The molecule has 2 unspecified atom stereocenters. The normalized spacial score (nSPS) is 26.3. The fraction of sp³-hybridized carbons (Fsp3) is 0.875. The highest BCUT2D eigenvalue weighted by molar-refractivity contribution is 7.99. The minimum atomic E-state index is 0.741. The van der Waals surface area contributed by atoms with E-state index >= 15 is 0 Å². The molecule has 1 N–H and O–H groups in total. The first-order valence-corrected chi connectivity index (χ1v) is 9.60. The van der Waals surface area contributed by atoms with Gasteiger partial charge in [0.2, 0.25) is 0 Å². The number of rotatable bonds is 5. The van der Waals surface area contributed by atoms with Gasteiger partial charge < -0.3 is 9.88 Å². The summed E-state index contributed by atoms with van der Waals surface area (Å²) in [7, 11) is 0. The van der Waals surface area contributed by atoms with Crippen molar-refractivity contribution in [2.24, 2.45) is 5.92 Å². The Kier molecular flexibility index (Phi) is 5.58. The molecule has 1 aliphatic carbocycles. The second kappa shape index (κ2) is 7.63. The van der Waals surface area contributed by atoms with Gasteiger partial charge in [-0.2, -0.15) is 0 Å². The van der Waals surface area contributed by atoms with E-state index in [0.717, 1.165) is 42.4 Å². The van der Waals surface area contributed by atoms with Gasteiger partial charge in [0.05, 0.1) is 0 Å². The Bertz CT molecular complexity index is 445. The zero-order valence-electron chi connectivity index (χ0n) is 13.2. The molecule has 118 valence electrons. The lowest BCUT2D eigenvalue weighted by Crippen LogP contribution is -2.34. The van der Waals surface area contributed by atoms with Crippen LogP contribution >= 0.6 is 11.8 Å². The van der Waals surface area contributed by atoms with Gasteiger partial charge in [0.25, 0.3) is 0 Å². The van der Waals surface area contributed by atoms with E-state index < -0.39 is 0 Å². The van der Waals surface area contributed by atoms with Crippen LogP contribution < -0.4 is 5.32 Å². The highest BCUT2D eigenvalue weighted by Crippen LogP contribution is 2.24. The Balaban J connectivity index is 1.42. The van der Waals surface area contributed by atoms with Crippen LogP contribution in [-0.4, -0.2) is 33.1 Å². The number of fused-ring (bicyclic) bond motifs is 1. The maximum Gasteiger partial charge on any atom is 0.191 e. The van der Waals surface area contributed by atoms with E-state index in [-0.39, 0.29) is 0 Å². The summed E-state index contributed by atoms with van der Waals surface area (Å²) >= 11 is 1.87. The van der Waals surface area contributed by atoms with Crippen molar-refractivity contribution >= 4 is 11.8 Å². The van der Waals surface area contributed by atoms with Crippen molar-refractivity contribution in [1.29, 1.82) is 0 Å². The van der Waals surface area contributed by atoms with Crippen LogP contribution in [0.5, 0.6) is 0 Å². The molecule has 0 spiro atoms. The molecule has 0 bridgehead atoms. The first kappa shape index (κ1) is 15.3. The molecule has 5 heteroatoms. The summed E-state index contributed by atoms with van der Waals surface area (Å²) in [6.07, 6.45) is 10.5. The smallest absolute Gasteiger partial charge is 0.191 e. The number of aryl methyl sites for hydroxylation is 1. The van der Waals surface area contributed by atoms with Crippen LogP contribution in [0, 0.1) is 5.92 Å². The van der Waals surface area contributed by atoms with E-state index in [9.17, 15) is 0 Å². The van der Waals surface area contributed by atoms with Crippen LogP contribution in [-0.2, 0) is 13.0 Å². The molecule has 1 saturated carbocycles. The third-order valence-corrected chi connectivity index (χ3v) is 5.75. The fourth-order valence-corrected chi connectivity index (χ4v) is 4.44. The maximum atomic E-state index is 4.38. The van der Waals surface area contributed by atoms with Crippen LogP contribution in [0.2, 0.25) is 0 Å². The monoisotopic (exact) mass is 308 g/mol. The third kappa shape index (κ3) is 4.22. The Labute approximate surface area is 132 Å². The molecule has 1 aromatic heterocycles. The average Bonchev–Trinajstić information content (AvgIpc) is 2.71. The highest BCUT2D eigenvalue weighted by atomic mass is 32.2. The first-order chi connectivity index (χ1) is 10.3. The van der Waals surface area contributed by atoms with E-state index in [1.165, 1.54) is 50.8 Å². The zero-order valence-corrected chi connectivity index (χ0v) is 14.0. The predicted octanol–water partition coefficient (Wildman–Crippen LogP) is 3.26. The van der Waals surface area contributed by atoms with E-state index in [1.54, 1.807) is 0 Å². The van der Waals surface area contributed by atoms with Crippen molar-refractivity contribution in [2.75, 3.05) is 12.3 Å². The topological polar surface area (TPSA) is 42.7 Å². The standard InChI is InChI=1S/C16H28N4S/c1-13-6-5-7-14(12-13)17-9-11-21-16-19-18-15-8-3-2-4-10-20(15)16/h13-14,17H,2-12H2,1H3. The third-order valence-electron chi connectivity index (χ3n) is 4.78. The summed E-state index contributed by atoms with van der Waals surface area (Å²) in [6.45, 7) is 4.58. The number of aromatic nitrogens is 3. The molecule has 1 aromatic rings. The zero-order chi connectivity index (χ0) is 14.5. The molecule has 4 nitrogen and oxygen atoms in total. The lowest BCUT2D eigenvalue weighted by molar-refractivity contribution is 0.306. The molecule has 1 aliphatic heterocycles. The molecule has 0 saturated heterocycles. The molecule has 0 aromatic carbocycles. The SMILES string of the molecule is CC1CCCC(NCCSc2nnc3n2CCCCC3)C1. The summed E-state index contributed by atoms with van der Waals surface area (Å²) in [5.74, 6) is 3.20. The Morgan fingerprint density at radius 1 is 1.19 bits per heavy atom. The molecule has 0 radical (unpaired) electrons. The van der Waals surface area contributed by atoms with Crippen molar-refractivity contribution in [2.45, 2.75) is 76.0 Å². The lowest BCUT2D eigenvalue weighted by Gasteiger charge is -2.27. The maximum absolute atomic E-state index is 4.38. The van der Waals surface area contributed by atoms with Gasteiger partial charge in [0, 0.05) is 31.3 Å². The highest BCUT2D eigenvalue weighted by Gasteiger charge is 2.18. The lowest BCUT2D eigenvalue weighted by atomic mass is 9.87. The number of thioether (sulfide) groups is 1. The molecule has 2 heterocycles. The van der Waals surface area contributed by atoms with E-state index in [4.69, 9.17) is 0 Å². The number of nitrogens with one attached hydrogen (secondary N) is 1. The van der Waals surface area contributed by atoms with Gasteiger partial charge in [-0.1, -0.05) is 37.9 Å². The summed E-state index contributed by atoms with van der Waals surface area (Å²) in [5, 5.41) is 13.6. The van der Waals surface area contributed by atoms with Crippen molar-refractivity contribution in [1.82, 2.24) is 20.1 Å². The van der Waals surface area contributed by atoms with Crippen LogP contribution in [0.15, 0.2) is 5.16 Å². The van der Waals surface area contributed by atoms with Gasteiger partial charge in [0.15, 0.2) is 5.16 Å². The van der Waals surface area contributed by atoms with E-state index in [0.29, 0.717) is 0 Å². The van der Waals surface area contributed by atoms with E-state index in [2.05, 4.69) is 27.0 Å². The van der Waals surface area contributed by atoms with Gasteiger partial charge in [-0.25, -0.2) is 0 Å². The van der Waals surface area contributed by atoms with Crippen molar-refractivity contribution in [3.05, 3.63) is 5.82 Å². The van der Waals surface area contributed by atoms with Gasteiger partial charge >= 0.3 is 0 Å². The number of nitrogens with zero attached hydrogens (tertiary/aromatic N) is 3. The van der Waals surface area contributed by atoms with Crippen LogP contribution in [0.1, 0.15) is 57.7 Å². The van der Waals surface area contributed by atoms with Crippen LogP contribution in [0.4, 0.5) is 0 Å². The molecule has 0 amide bonds. The molecule has 2 atom stereocenters. The van der Waals surface area contributed by atoms with Crippen molar-refractivity contribution < 1.29 is 0 Å². The Hall–Kier alpha value is -0.550. The number of hydrogen-bond donors (Lipinski definition) is 1.